The number of nitrogen functional groups attached to an aromatic ring is 1. The van der Waals surface area contributed by atoms with Crippen molar-refractivity contribution in [1.82, 2.24) is 25.9 Å². The zero-order chi connectivity index (χ0) is 21.3. The third-order valence-electron chi connectivity index (χ3n) is 5.43. The first-order chi connectivity index (χ1) is 14.4. The Morgan fingerprint density at radius 1 is 1.37 bits per heavy atom. The molecule has 0 aliphatic carbocycles. The number of carbonyl (C=O) groups excluding carboxylic acids is 2. The number of hydrogen-bond acceptors (Lipinski definition) is 9. The summed E-state index contributed by atoms with van der Waals surface area (Å²) < 4.78 is 20.1. The number of anilines is 2. The second-order valence-electron chi connectivity index (χ2n) is 7.28. The molecule has 30 heavy (non-hydrogen) atoms. The summed E-state index contributed by atoms with van der Waals surface area (Å²) >= 11 is 1.11. The molecule has 1 aromatic carbocycles. The lowest BCUT2D eigenvalue weighted by atomic mass is 9.76. The number of benzene rings is 1. The van der Waals surface area contributed by atoms with Gasteiger partial charge >= 0.3 is 6.09 Å². The Labute approximate surface area is 176 Å². The van der Waals surface area contributed by atoms with Gasteiger partial charge < -0.3 is 20.7 Å². The Hall–Kier alpha value is -2.99. The first-order valence-electron chi connectivity index (χ1n) is 9.43. The highest BCUT2D eigenvalue weighted by Crippen LogP contribution is 2.32. The van der Waals surface area contributed by atoms with Crippen LogP contribution in [0.5, 0.6) is 0 Å². The van der Waals surface area contributed by atoms with Gasteiger partial charge in [-0.2, -0.15) is 0 Å². The number of carbonyl (C=O) groups is 2. The van der Waals surface area contributed by atoms with Crippen molar-refractivity contribution in [3.63, 3.8) is 0 Å². The molecule has 10 nitrogen and oxygen atoms in total. The molecule has 160 valence electrons. The highest BCUT2D eigenvalue weighted by atomic mass is 32.1. The molecule has 2 amide bonds. The number of piperazine rings is 1. The molecule has 2 saturated heterocycles. The summed E-state index contributed by atoms with van der Waals surface area (Å²) in [6.07, 6.45) is -2.65. The van der Waals surface area contributed by atoms with Crippen LogP contribution in [0.25, 0.3) is 0 Å². The van der Waals surface area contributed by atoms with E-state index in [4.69, 9.17) is 10.5 Å². The standard InChI is InChI=1S/C18H22FN7O3S/c1-18(11-5-3-2-4-6-11,12-9-21-17(28)29-12)14(27)24-25-7-8-26(13(19)10-25)16-23-22-15(20)30-16/h2-6,12-13H,7-10H2,1H3,(H2,20,22)(H,21,28)(H,24,27). The molecule has 3 unspecified atom stereocenters. The number of hydrogen-bond donors (Lipinski definition) is 3. The SMILES string of the molecule is CC(C(=O)NN1CCN(c2nnc(N)s2)C(F)C1)(c1ccccc1)C1CNC(=O)O1. The number of amides is 2. The van der Waals surface area contributed by atoms with Gasteiger partial charge in [0.15, 0.2) is 6.30 Å². The minimum atomic E-state index is -1.39. The Balaban J connectivity index is 1.49. The van der Waals surface area contributed by atoms with Gasteiger partial charge in [-0.15, -0.1) is 10.2 Å². The zero-order valence-electron chi connectivity index (χ0n) is 16.2. The number of ether oxygens (including phenoxy) is 1. The number of nitrogens with one attached hydrogen (secondary N) is 2. The molecule has 2 aliphatic heterocycles. The van der Waals surface area contributed by atoms with E-state index in [1.807, 2.05) is 30.3 Å². The van der Waals surface area contributed by atoms with Crippen LogP contribution in [0, 0.1) is 0 Å². The van der Waals surface area contributed by atoms with Crippen LogP contribution in [-0.2, 0) is 14.9 Å². The van der Waals surface area contributed by atoms with E-state index >= 15 is 0 Å². The van der Waals surface area contributed by atoms with Gasteiger partial charge in [-0.1, -0.05) is 41.7 Å². The van der Waals surface area contributed by atoms with Gasteiger partial charge in [0.1, 0.15) is 11.5 Å². The van der Waals surface area contributed by atoms with Crippen molar-refractivity contribution >= 4 is 33.6 Å². The highest BCUT2D eigenvalue weighted by molar-refractivity contribution is 7.18. The Bertz CT molecular complexity index is 930. The van der Waals surface area contributed by atoms with E-state index in [0.717, 1.165) is 11.3 Å². The van der Waals surface area contributed by atoms with Gasteiger partial charge in [-0.05, 0) is 12.5 Å². The first-order valence-corrected chi connectivity index (χ1v) is 10.3. The molecule has 3 atom stereocenters. The van der Waals surface area contributed by atoms with Crippen LogP contribution >= 0.6 is 11.3 Å². The number of alkyl halides is 1. The predicted molar refractivity (Wildman–Crippen MR) is 108 cm³/mol. The third kappa shape index (κ3) is 3.75. The van der Waals surface area contributed by atoms with E-state index in [-0.39, 0.29) is 24.1 Å². The van der Waals surface area contributed by atoms with Crippen LogP contribution in [0.4, 0.5) is 19.4 Å². The van der Waals surface area contributed by atoms with Crippen molar-refractivity contribution in [2.45, 2.75) is 24.7 Å². The van der Waals surface area contributed by atoms with E-state index in [9.17, 15) is 14.0 Å². The topological polar surface area (TPSA) is 126 Å². The van der Waals surface area contributed by atoms with E-state index < -0.39 is 23.9 Å². The molecule has 2 aromatic rings. The Morgan fingerprint density at radius 2 is 2.13 bits per heavy atom. The number of cyclic esters (lactones) is 1. The molecule has 0 bridgehead atoms. The number of hydrazine groups is 1. The predicted octanol–water partition coefficient (Wildman–Crippen LogP) is 0.635. The molecule has 0 spiro atoms. The second kappa shape index (κ2) is 8.03. The van der Waals surface area contributed by atoms with E-state index in [1.165, 1.54) is 9.91 Å². The monoisotopic (exact) mass is 435 g/mol. The smallest absolute Gasteiger partial charge is 0.407 e. The molecule has 2 aliphatic rings. The average molecular weight is 435 g/mol. The maximum atomic E-state index is 14.8. The molecule has 12 heteroatoms. The van der Waals surface area contributed by atoms with Gasteiger partial charge in [-0.3, -0.25) is 10.2 Å². The maximum Gasteiger partial charge on any atom is 0.407 e. The Morgan fingerprint density at radius 3 is 2.73 bits per heavy atom. The third-order valence-corrected chi connectivity index (χ3v) is 6.22. The number of halogens is 1. The molecule has 1 aromatic heterocycles. The largest absolute Gasteiger partial charge is 0.443 e. The summed E-state index contributed by atoms with van der Waals surface area (Å²) in [6.45, 7) is 2.54. The highest BCUT2D eigenvalue weighted by Gasteiger charge is 2.48. The fourth-order valence-electron chi connectivity index (χ4n) is 3.62. The van der Waals surface area contributed by atoms with Crippen molar-refractivity contribution in [3.8, 4) is 0 Å². The lowest BCUT2D eigenvalue weighted by Crippen LogP contribution is -2.61. The van der Waals surface area contributed by atoms with Gasteiger partial charge in [0.25, 0.3) is 0 Å². The molecule has 4 N–H and O–H groups in total. The number of alkyl carbamates (subject to hydrolysis) is 1. The van der Waals surface area contributed by atoms with E-state index in [0.29, 0.717) is 23.8 Å². The van der Waals surface area contributed by atoms with Crippen molar-refractivity contribution in [2.24, 2.45) is 0 Å². The molecule has 2 fully saturated rings. The van der Waals surface area contributed by atoms with Crippen LogP contribution in [0.1, 0.15) is 12.5 Å². The normalized spacial score (nSPS) is 24.1. The summed E-state index contributed by atoms with van der Waals surface area (Å²) in [7, 11) is 0. The van der Waals surface area contributed by atoms with Crippen LogP contribution in [-0.4, -0.2) is 65.8 Å². The van der Waals surface area contributed by atoms with Crippen molar-refractivity contribution in [1.29, 1.82) is 0 Å². The van der Waals surface area contributed by atoms with Gasteiger partial charge in [-0.25, -0.2) is 14.2 Å². The van der Waals surface area contributed by atoms with Crippen LogP contribution in [0.15, 0.2) is 30.3 Å². The Kier molecular flexibility index (Phi) is 5.43. The minimum absolute atomic E-state index is 0.0567. The summed E-state index contributed by atoms with van der Waals surface area (Å²) in [6, 6.07) is 9.08. The van der Waals surface area contributed by atoms with E-state index in [1.54, 1.807) is 6.92 Å². The number of nitrogens with two attached hydrogens (primary N) is 1. The number of aromatic nitrogens is 2. The number of nitrogens with zero attached hydrogens (tertiary/aromatic N) is 4. The zero-order valence-corrected chi connectivity index (χ0v) is 17.1. The first kappa shape index (κ1) is 20.3. The molecular weight excluding hydrogens is 413 g/mol. The summed E-state index contributed by atoms with van der Waals surface area (Å²) in [5.41, 5.74) is 7.93. The van der Waals surface area contributed by atoms with Crippen molar-refractivity contribution in [3.05, 3.63) is 35.9 Å². The lowest BCUT2D eigenvalue weighted by Gasteiger charge is -2.39. The molecule has 4 rings (SSSR count). The van der Waals surface area contributed by atoms with Crippen LogP contribution < -0.4 is 21.4 Å². The minimum Gasteiger partial charge on any atom is -0.443 e. The van der Waals surface area contributed by atoms with Crippen LogP contribution in [0.2, 0.25) is 0 Å². The maximum absolute atomic E-state index is 14.8. The van der Waals surface area contributed by atoms with Gasteiger partial charge in [0, 0.05) is 13.1 Å². The van der Waals surface area contributed by atoms with Crippen molar-refractivity contribution < 1.29 is 18.7 Å². The fraction of sp³-hybridized carbons (Fsp3) is 0.444. The summed E-state index contributed by atoms with van der Waals surface area (Å²) in [5.74, 6) is -0.379. The van der Waals surface area contributed by atoms with Crippen molar-refractivity contribution in [2.75, 3.05) is 36.8 Å². The van der Waals surface area contributed by atoms with Gasteiger partial charge in [0.2, 0.25) is 16.2 Å². The average Bonchev–Trinajstić information content (AvgIpc) is 3.36. The fourth-order valence-corrected chi connectivity index (χ4v) is 4.29. The molecule has 0 radical (unpaired) electrons. The van der Waals surface area contributed by atoms with Crippen LogP contribution in [0.3, 0.4) is 0 Å². The van der Waals surface area contributed by atoms with E-state index in [2.05, 4.69) is 20.9 Å². The quantitative estimate of drug-likeness (QED) is 0.584. The molecular formula is C18H22FN7O3S. The molecule has 3 heterocycles. The van der Waals surface area contributed by atoms with Gasteiger partial charge in [0.05, 0.1) is 13.1 Å². The lowest BCUT2D eigenvalue weighted by molar-refractivity contribution is -0.135. The number of rotatable bonds is 5. The summed E-state index contributed by atoms with van der Waals surface area (Å²) in [4.78, 5) is 26.4. The summed E-state index contributed by atoms with van der Waals surface area (Å²) in [5, 5.41) is 12.4. The second-order valence-corrected chi connectivity index (χ2v) is 8.27. The molecule has 0 saturated carbocycles.